The van der Waals surface area contributed by atoms with Gasteiger partial charge in [-0.2, -0.15) is 0 Å². The number of methoxy groups -OCH3 is 1. The summed E-state index contributed by atoms with van der Waals surface area (Å²) in [4.78, 5) is 12.4. The molecule has 1 heterocycles. The number of halogens is 1. The fraction of sp³-hybridized carbons (Fsp3) is 0.500. The van der Waals surface area contributed by atoms with E-state index in [9.17, 15) is 4.79 Å². The lowest BCUT2D eigenvalue weighted by Gasteiger charge is -2.16. The van der Waals surface area contributed by atoms with Crippen LogP contribution in [-0.4, -0.2) is 19.1 Å². The largest absolute Gasteiger partial charge is 0.468 e. The predicted molar refractivity (Wildman–Crippen MR) is 65.0 cm³/mol. The number of esters is 1. The van der Waals surface area contributed by atoms with Crippen LogP contribution in [0.5, 0.6) is 0 Å². The number of thiophene rings is 1. The molecule has 0 fully saturated rings. The Morgan fingerprint density at radius 2 is 2.27 bits per heavy atom. The normalized spacial score (nSPS) is 14.7. The predicted octanol–water partition coefficient (Wildman–Crippen LogP) is 2.72. The van der Waals surface area contributed by atoms with Gasteiger partial charge in [0.1, 0.15) is 6.04 Å². The Kier molecular flexibility index (Phi) is 4.76. The lowest BCUT2D eigenvalue weighted by Crippen LogP contribution is -2.36. The minimum atomic E-state index is -0.286. The maximum Gasteiger partial charge on any atom is 0.322 e. The van der Waals surface area contributed by atoms with Crippen LogP contribution in [-0.2, 0) is 9.53 Å². The Hall–Kier alpha value is -0.390. The summed E-state index contributed by atoms with van der Waals surface area (Å²) >= 11 is 5.06. The monoisotopic (exact) mass is 291 g/mol. The molecule has 0 aromatic carbocycles. The van der Waals surface area contributed by atoms with Crippen molar-refractivity contribution in [3.05, 3.63) is 20.8 Å². The Labute approximate surface area is 102 Å². The van der Waals surface area contributed by atoms with E-state index in [4.69, 9.17) is 0 Å². The molecule has 84 valence electrons. The fourth-order valence-corrected chi connectivity index (χ4v) is 2.72. The van der Waals surface area contributed by atoms with E-state index in [0.717, 1.165) is 4.47 Å². The average molecular weight is 292 g/mol. The van der Waals surface area contributed by atoms with Crippen molar-refractivity contribution in [2.45, 2.75) is 25.9 Å². The van der Waals surface area contributed by atoms with Crippen LogP contribution in [0.4, 0.5) is 0 Å². The molecule has 2 unspecified atom stereocenters. The number of carbonyl (C=O) groups is 1. The molecular weight excluding hydrogens is 278 g/mol. The summed E-state index contributed by atoms with van der Waals surface area (Å²) in [6.45, 7) is 3.82. The quantitative estimate of drug-likeness (QED) is 0.867. The molecular formula is C10H14BrNO2S. The fourth-order valence-electron chi connectivity index (χ4n) is 1.26. The van der Waals surface area contributed by atoms with Gasteiger partial charge in [-0.15, -0.1) is 11.3 Å². The van der Waals surface area contributed by atoms with Crippen LogP contribution in [0.1, 0.15) is 24.8 Å². The first-order valence-corrected chi connectivity index (χ1v) is 6.29. The van der Waals surface area contributed by atoms with Gasteiger partial charge in [0.15, 0.2) is 0 Å². The molecule has 1 aromatic heterocycles. The SMILES string of the molecule is COC(=O)C(C)NC(C)c1cc(Br)cs1. The van der Waals surface area contributed by atoms with Crippen LogP contribution in [0.25, 0.3) is 0 Å². The van der Waals surface area contributed by atoms with E-state index in [1.165, 1.54) is 12.0 Å². The molecule has 15 heavy (non-hydrogen) atoms. The van der Waals surface area contributed by atoms with Gasteiger partial charge < -0.3 is 4.74 Å². The van der Waals surface area contributed by atoms with Crippen molar-refractivity contribution in [2.75, 3.05) is 7.11 Å². The number of nitrogens with one attached hydrogen (secondary N) is 1. The molecule has 0 saturated heterocycles. The molecule has 1 aromatic rings. The molecule has 0 amide bonds. The van der Waals surface area contributed by atoms with Crippen molar-refractivity contribution in [3.63, 3.8) is 0 Å². The summed E-state index contributed by atoms with van der Waals surface area (Å²) in [6, 6.07) is 1.91. The van der Waals surface area contributed by atoms with Crippen LogP contribution < -0.4 is 5.32 Å². The van der Waals surface area contributed by atoms with Crippen molar-refractivity contribution in [2.24, 2.45) is 0 Å². The van der Waals surface area contributed by atoms with E-state index in [-0.39, 0.29) is 18.1 Å². The minimum absolute atomic E-state index is 0.149. The van der Waals surface area contributed by atoms with Gasteiger partial charge in [0.25, 0.3) is 0 Å². The van der Waals surface area contributed by atoms with Crippen LogP contribution in [0.15, 0.2) is 15.9 Å². The Morgan fingerprint density at radius 3 is 2.73 bits per heavy atom. The first-order chi connectivity index (χ1) is 7.04. The molecule has 5 heteroatoms. The molecule has 1 rings (SSSR count). The molecule has 0 aliphatic carbocycles. The summed E-state index contributed by atoms with van der Waals surface area (Å²) in [7, 11) is 1.40. The minimum Gasteiger partial charge on any atom is -0.468 e. The highest BCUT2D eigenvalue weighted by Gasteiger charge is 2.17. The van der Waals surface area contributed by atoms with Crippen molar-refractivity contribution in [1.29, 1.82) is 0 Å². The molecule has 0 saturated carbocycles. The first-order valence-electron chi connectivity index (χ1n) is 4.62. The molecule has 2 atom stereocenters. The van der Waals surface area contributed by atoms with Crippen molar-refractivity contribution in [1.82, 2.24) is 5.32 Å². The molecule has 0 aliphatic rings. The van der Waals surface area contributed by atoms with Gasteiger partial charge in [0.05, 0.1) is 7.11 Å². The summed E-state index contributed by atoms with van der Waals surface area (Å²) in [5.74, 6) is -0.238. The summed E-state index contributed by atoms with van der Waals surface area (Å²) in [5, 5.41) is 5.20. The summed E-state index contributed by atoms with van der Waals surface area (Å²) in [6.07, 6.45) is 0. The molecule has 0 aliphatic heterocycles. The van der Waals surface area contributed by atoms with Crippen molar-refractivity contribution < 1.29 is 9.53 Å². The van der Waals surface area contributed by atoms with E-state index in [1.54, 1.807) is 18.3 Å². The standard InChI is InChI=1S/C10H14BrNO2S/c1-6(9-4-8(11)5-15-9)12-7(2)10(13)14-3/h4-7,12H,1-3H3. The topological polar surface area (TPSA) is 38.3 Å². The maximum atomic E-state index is 11.2. The van der Waals surface area contributed by atoms with E-state index < -0.39 is 0 Å². The van der Waals surface area contributed by atoms with Gasteiger partial charge in [-0.3, -0.25) is 10.1 Å². The number of ether oxygens (including phenoxy) is 1. The third kappa shape index (κ3) is 3.59. The highest BCUT2D eigenvalue weighted by Crippen LogP contribution is 2.25. The van der Waals surface area contributed by atoms with Gasteiger partial charge in [0.2, 0.25) is 0 Å². The highest BCUT2D eigenvalue weighted by molar-refractivity contribution is 9.10. The van der Waals surface area contributed by atoms with Crippen LogP contribution in [0, 0.1) is 0 Å². The lowest BCUT2D eigenvalue weighted by molar-refractivity contribution is -0.142. The van der Waals surface area contributed by atoms with Crippen LogP contribution in [0.2, 0.25) is 0 Å². The Balaban J connectivity index is 2.55. The van der Waals surface area contributed by atoms with Gasteiger partial charge in [-0.1, -0.05) is 0 Å². The molecule has 3 nitrogen and oxygen atoms in total. The van der Waals surface area contributed by atoms with Crippen molar-refractivity contribution in [3.8, 4) is 0 Å². The highest BCUT2D eigenvalue weighted by atomic mass is 79.9. The first kappa shape index (κ1) is 12.7. The second-order valence-corrected chi connectivity index (χ2v) is 5.16. The second-order valence-electron chi connectivity index (χ2n) is 3.30. The second kappa shape index (κ2) is 5.63. The zero-order chi connectivity index (χ0) is 11.4. The number of rotatable bonds is 4. The zero-order valence-corrected chi connectivity index (χ0v) is 11.3. The van der Waals surface area contributed by atoms with Gasteiger partial charge >= 0.3 is 5.97 Å². The van der Waals surface area contributed by atoms with E-state index in [2.05, 4.69) is 26.0 Å². The lowest BCUT2D eigenvalue weighted by atomic mass is 10.2. The maximum absolute atomic E-state index is 11.2. The Morgan fingerprint density at radius 1 is 1.60 bits per heavy atom. The molecule has 1 N–H and O–H groups in total. The van der Waals surface area contributed by atoms with Crippen molar-refractivity contribution >= 4 is 33.2 Å². The van der Waals surface area contributed by atoms with Crippen LogP contribution in [0.3, 0.4) is 0 Å². The third-order valence-electron chi connectivity index (χ3n) is 2.07. The van der Waals surface area contributed by atoms with E-state index in [1.807, 2.05) is 18.4 Å². The number of hydrogen-bond acceptors (Lipinski definition) is 4. The smallest absolute Gasteiger partial charge is 0.322 e. The summed E-state index contributed by atoms with van der Waals surface area (Å²) < 4.78 is 5.72. The molecule has 0 spiro atoms. The Bertz CT molecular complexity index is 340. The average Bonchev–Trinajstić information content (AvgIpc) is 2.63. The number of carbonyl (C=O) groups excluding carboxylic acids is 1. The van der Waals surface area contributed by atoms with E-state index in [0.29, 0.717) is 0 Å². The molecule has 0 radical (unpaired) electrons. The van der Waals surface area contributed by atoms with Crippen LogP contribution >= 0.6 is 27.3 Å². The third-order valence-corrected chi connectivity index (χ3v) is 3.95. The summed E-state index contributed by atoms with van der Waals surface area (Å²) in [5.41, 5.74) is 0. The molecule has 0 bridgehead atoms. The van der Waals surface area contributed by atoms with E-state index >= 15 is 0 Å². The van der Waals surface area contributed by atoms with Gasteiger partial charge in [-0.25, -0.2) is 0 Å². The zero-order valence-electron chi connectivity index (χ0n) is 8.91. The number of hydrogen-bond donors (Lipinski definition) is 1. The van der Waals surface area contributed by atoms with Gasteiger partial charge in [-0.05, 0) is 35.8 Å². The van der Waals surface area contributed by atoms with Gasteiger partial charge in [0, 0.05) is 20.8 Å².